The smallest absolute Gasteiger partial charge is 0.306 e. The Kier molecular flexibility index (Phi) is 48.7. The third-order valence-corrected chi connectivity index (χ3v) is 9.92. The highest BCUT2D eigenvalue weighted by molar-refractivity contribution is 5.71. The number of carbonyl (C=O) groups is 3. The number of hydrogen-bond donors (Lipinski definition) is 0. The minimum absolute atomic E-state index is 0.124. The zero-order valence-corrected chi connectivity index (χ0v) is 41.6. The van der Waals surface area contributed by atoms with Gasteiger partial charge in [0.2, 0.25) is 0 Å². The van der Waals surface area contributed by atoms with Crippen LogP contribution in [0.4, 0.5) is 0 Å². The highest BCUT2D eigenvalue weighted by atomic mass is 16.6. The second-order valence-electron chi connectivity index (χ2n) is 16.1. The fourth-order valence-corrected chi connectivity index (χ4v) is 6.18. The molecule has 366 valence electrons. The van der Waals surface area contributed by atoms with E-state index < -0.39 is 6.10 Å². The third kappa shape index (κ3) is 50.0. The van der Waals surface area contributed by atoms with Crippen LogP contribution in [0, 0.1) is 0 Å². The van der Waals surface area contributed by atoms with Crippen LogP contribution in [0.5, 0.6) is 0 Å². The van der Waals surface area contributed by atoms with E-state index in [2.05, 4.69) is 118 Å². The average molecular weight is 907 g/mol. The van der Waals surface area contributed by atoms with Crippen molar-refractivity contribution in [3.8, 4) is 0 Å². The molecule has 0 spiro atoms. The summed E-state index contributed by atoms with van der Waals surface area (Å²) in [5, 5.41) is 0. The molecule has 6 heteroatoms. The summed E-state index contributed by atoms with van der Waals surface area (Å²) in [5.41, 5.74) is 0. The van der Waals surface area contributed by atoms with Crippen LogP contribution >= 0.6 is 0 Å². The van der Waals surface area contributed by atoms with E-state index in [1.165, 1.54) is 12.8 Å². The van der Waals surface area contributed by atoms with Crippen molar-refractivity contribution >= 4 is 17.9 Å². The van der Waals surface area contributed by atoms with Gasteiger partial charge in [0.05, 0.1) is 0 Å². The fraction of sp³-hybridized carbons (Fsp3) is 0.517. The van der Waals surface area contributed by atoms with E-state index in [1.807, 2.05) is 60.8 Å². The zero-order chi connectivity index (χ0) is 47.9. The summed E-state index contributed by atoms with van der Waals surface area (Å²) in [6.45, 7) is 6.15. The molecule has 0 fully saturated rings. The zero-order valence-electron chi connectivity index (χ0n) is 41.6. The summed E-state index contributed by atoms with van der Waals surface area (Å²) >= 11 is 0. The first-order chi connectivity index (χ1) is 32.5. The molecule has 0 N–H and O–H groups in total. The van der Waals surface area contributed by atoms with Crippen molar-refractivity contribution in [3.63, 3.8) is 0 Å². The van der Waals surface area contributed by atoms with Crippen molar-refractivity contribution in [3.05, 3.63) is 158 Å². The van der Waals surface area contributed by atoms with Crippen molar-refractivity contribution < 1.29 is 28.6 Å². The van der Waals surface area contributed by atoms with Crippen LogP contribution in [0.2, 0.25) is 0 Å². The molecule has 6 nitrogen and oxygen atoms in total. The normalized spacial score (nSPS) is 13.4. The van der Waals surface area contributed by atoms with Gasteiger partial charge >= 0.3 is 17.9 Å². The first-order valence-corrected chi connectivity index (χ1v) is 25.6. The maximum atomic E-state index is 12.8. The molecular formula is C60H90O6. The lowest BCUT2D eigenvalue weighted by Crippen LogP contribution is -2.30. The highest BCUT2D eigenvalue weighted by Gasteiger charge is 2.19. The molecule has 0 saturated carbocycles. The molecule has 0 amide bonds. The molecular weight excluding hydrogens is 817 g/mol. The van der Waals surface area contributed by atoms with Gasteiger partial charge in [-0.05, 0) is 109 Å². The molecule has 0 bridgehead atoms. The molecule has 0 rings (SSSR count). The van der Waals surface area contributed by atoms with Crippen LogP contribution in [0.1, 0.15) is 181 Å². The van der Waals surface area contributed by atoms with Gasteiger partial charge in [-0.2, -0.15) is 0 Å². The quantitative estimate of drug-likeness (QED) is 0.0199. The van der Waals surface area contributed by atoms with E-state index >= 15 is 0 Å². The lowest BCUT2D eigenvalue weighted by atomic mass is 10.1. The Morgan fingerprint density at radius 2 is 0.621 bits per heavy atom. The number of carbonyl (C=O) groups excluding carboxylic acids is 3. The van der Waals surface area contributed by atoms with E-state index in [0.29, 0.717) is 19.3 Å². The Morgan fingerprint density at radius 3 is 1.08 bits per heavy atom. The van der Waals surface area contributed by atoms with Crippen LogP contribution < -0.4 is 0 Å². The van der Waals surface area contributed by atoms with Crippen molar-refractivity contribution in [2.24, 2.45) is 0 Å². The standard InChI is InChI=1S/C60H90O6/c1-4-7-10-13-16-19-22-25-27-29-30-32-33-35-38-41-44-47-50-53-59(62)65-56-57(55-64-58(61)52-49-46-43-40-37-24-21-18-15-12-9-6-3)66-60(63)54-51-48-45-42-39-36-34-31-28-26-23-20-17-14-11-8-5-2/h7-12,14,16-21,23,25-28,30-32,34,36-37,39-40,57H,4-6,13,15,22,24,29,33,35,38,41-56H2,1-3H3/b10-7-,11-8-,12-9-,17-14-,19-16-,21-18-,23-20-,27-25-,28-26-,32-30-,34-31+,39-36-,40-37-. The Morgan fingerprint density at radius 1 is 0.318 bits per heavy atom. The van der Waals surface area contributed by atoms with E-state index in [1.54, 1.807) is 0 Å². The summed E-state index contributed by atoms with van der Waals surface area (Å²) in [6, 6.07) is 0. The van der Waals surface area contributed by atoms with Gasteiger partial charge in [0, 0.05) is 19.3 Å². The first kappa shape index (κ1) is 61.0. The molecule has 0 aromatic carbocycles. The lowest BCUT2D eigenvalue weighted by molar-refractivity contribution is -0.167. The molecule has 0 aliphatic heterocycles. The van der Waals surface area contributed by atoms with Crippen LogP contribution in [-0.4, -0.2) is 37.2 Å². The second kappa shape index (κ2) is 52.7. The Balaban J connectivity index is 4.57. The Hall–Kier alpha value is -4.97. The Labute approximate surface area is 403 Å². The number of allylic oxidation sites excluding steroid dienone is 26. The molecule has 0 aliphatic carbocycles. The van der Waals surface area contributed by atoms with Gasteiger partial charge in [0.25, 0.3) is 0 Å². The van der Waals surface area contributed by atoms with E-state index in [4.69, 9.17) is 14.2 Å². The summed E-state index contributed by atoms with van der Waals surface area (Å²) < 4.78 is 16.7. The minimum Gasteiger partial charge on any atom is -0.462 e. The molecule has 1 unspecified atom stereocenters. The molecule has 1 atom stereocenters. The molecule has 0 radical (unpaired) electrons. The topological polar surface area (TPSA) is 78.9 Å². The largest absolute Gasteiger partial charge is 0.462 e. The summed E-state index contributed by atoms with van der Waals surface area (Å²) in [5.74, 6) is -1.04. The summed E-state index contributed by atoms with van der Waals surface area (Å²) in [7, 11) is 0. The van der Waals surface area contributed by atoms with Crippen LogP contribution in [0.25, 0.3) is 0 Å². The SMILES string of the molecule is CC\C=C/C=C\C=C/C=C\C=C\C=C/CCCCCC(=O)OC(COC(=O)CCCC/C=C\C/C=C\C/C=C\CC)COC(=O)CCCCCCCC/C=C\C/C=C\C/C=C\C/C=C\CC. The maximum Gasteiger partial charge on any atom is 0.306 e. The molecule has 0 aromatic heterocycles. The van der Waals surface area contributed by atoms with Crippen LogP contribution in [0.3, 0.4) is 0 Å². The van der Waals surface area contributed by atoms with Crippen LogP contribution in [-0.2, 0) is 28.6 Å². The van der Waals surface area contributed by atoms with Crippen molar-refractivity contribution in [2.45, 2.75) is 187 Å². The number of unbranched alkanes of at least 4 members (excludes halogenated alkanes) is 11. The molecule has 0 heterocycles. The van der Waals surface area contributed by atoms with Gasteiger partial charge in [0.1, 0.15) is 13.2 Å². The van der Waals surface area contributed by atoms with Gasteiger partial charge in [-0.15, -0.1) is 0 Å². The van der Waals surface area contributed by atoms with Crippen molar-refractivity contribution in [1.29, 1.82) is 0 Å². The summed E-state index contributed by atoms with van der Waals surface area (Å²) in [6.07, 6.45) is 76.5. The summed E-state index contributed by atoms with van der Waals surface area (Å²) in [4.78, 5) is 38.0. The van der Waals surface area contributed by atoms with Gasteiger partial charge in [0.15, 0.2) is 6.10 Å². The predicted molar refractivity (Wildman–Crippen MR) is 283 cm³/mol. The number of esters is 3. The van der Waals surface area contributed by atoms with Gasteiger partial charge in [-0.25, -0.2) is 0 Å². The number of rotatable bonds is 43. The molecule has 0 aromatic rings. The first-order valence-electron chi connectivity index (χ1n) is 25.6. The van der Waals surface area contributed by atoms with Gasteiger partial charge in [-0.3, -0.25) is 14.4 Å². The second-order valence-corrected chi connectivity index (χ2v) is 16.1. The third-order valence-electron chi connectivity index (χ3n) is 9.92. The number of ether oxygens (including phenoxy) is 3. The van der Waals surface area contributed by atoms with Crippen LogP contribution in [0.15, 0.2) is 158 Å². The number of hydrogen-bond acceptors (Lipinski definition) is 6. The maximum absolute atomic E-state index is 12.8. The monoisotopic (exact) mass is 907 g/mol. The molecule has 0 saturated heterocycles. The minimum atomic E-state index is -0.831. The average Bonchev–Trinajstić information content (AvgIpc) is 3.31. The fourth-order valence-electron chi connectivity index (χ4n) is 6.18. The van der Waals surface area contributed by atoms with Crippen molar-refractivity contribution in [2.75, 3.05) is 13.2 Å². The van der Waals surface area contributed by atoms with E-state index in [-0.39, 0.29) is 44.0 Å². The van der Waals surface area contributed by atoms with Crippen molar-refractivity contribution in [1.82, 2.24) is 0 Å². The molecule has 0 aliphatic rings. The predicted octanol–water partition coefficient (Wildman–Crippen LogP) is 17.0. The van der Waals surface area contributed by atoms with E-state index in [0.717, 1.165) is 116 Å². The molecule has 66 heavy (non-hydrogen) atoms. The van der Waals surface area contributed by atoms with Gasteiger partial charge in [-0.1, -0.05) is 211 Å². The van der Waals surface area contributed by atoms with E-state index in [9.17, 15) is 14.4 Å². The highest BCUT2D eigenvalue weighted by Crippen LogP contribution is 2.12. The lowest BCUT2D eigenvalue weighted by Gasteiger charge is -2.18. The Bertz CT molecular complexity index is 1560. The van der Waals surface area contributed by atoms with Gasteiger partial charge < -0.3 is 14.2 Å².